The first-order chi connectivity index (χ1) is 16.5. The van der Waals surface area contributed by atoms with Gasteiger partial charge in [-0.2, -0.15) is 5.10 Å². The second-order valence-electron chi connectivity index (χ2n) is 9.91. The van der Waals surface area contributed by atoms with Crippen molar-refractivity contribution in [1.29, 1.82) is 0 Å². The zero-order valence-electron chi connectivity index (χ0n) is 19.7. The van der Waals surface area contributed by atoms with Crippen LogP contribution in [0.1, 0.15) is 50.3 Å². The normalized spacial score (nSPS) is 21.2. The molecular formula is C29H30BrN3O. The summed E-state index contributed by atoms with van der Waals surface area (Å²) in [4.78, 5) is 2.55. The Hall–Kier alpha value is -2.63. The molecule has 0 radical (unpaired) electrons. The summed E-state index contributed by atoms with van der Waals surface area (Å²) in [6, 6.07) is 26.6. The number of nitrogens with zero attached hydrogens (tertiary/aromatic N) is 3. The summed E-state index contributed by atoms with van der Waals surface area (Å²) in [5, 5.41) is 7.55. The predicted molar refractivity (Wildman–Crippen MR) is 141 cm³/mol. The van der Waals surface area contributed by atoms with Crippen molar-refractivity contribution in [2.75, 3.05) is 13.1 Å². The molecule has 0 aliphatic carbocycles. The van der Waals surface area contributed by atoms with E-state index in [0.717, 1.165) is 48.3 Å². The molecule has 0 amide bonds. The highest BCUT2D eigenvalue weighted by Gasteiger charge is 2.52. The first-order valence-corrected chi connectivity index (χ1v) is 13.1. The van der Waals surface area contributed by atoms with Gasteiger partial charge >= 0.3 is 0 Å². The van der Waals surface area contributed by atoms with Gasteiger partial charge in [0.2, 0.25) is 5.72 Å². The largest absolute Gasteiger partial charge is 0.466 e. The summed E-state index contributed by atoms with van der Waals surface area (Å²) in [6.45, 7) is 6.62. The van der Waals surface area contributed by atoms with Crippen molar-refractivity contribution in [2.45, 2.75) is 50.9 Å². The fraction of sp³-hybridized carbons (Fsp3) is 0.345. The van der Waals surface area contributed by atoms with Crippen LogP contribution >= 0.6 is 15.9 Å². The van der Waals surface area contributed by atoms with E-state index in [1.165, 1.54) is 22.3 Å². The minimum atomic E-state index is -0.372. The molecule has 0 bridgehead atoms. The number of benzene rings is 3. The van der Waals surface area contributed by atoms with E-state index in [-0.39, 0.29) is 11.8 Å². The van der Waals surface area contributed by atoms with Gasteiger partial charge in [-0.1, -0.05) is 70.5 Å². The van der Waals surface area contributed by atoms with Gasteiger partial charge in [-0.15, -0.1) is 0 Å². The number of rotatable bonds is 3. The van der Waals surface area contributed by atoms with Gasteiger partial charge in [0.25, 0.3) is 0 Å². The number of piperidine rings is 1. The Morgan fingerprint density at radius 2 is 1.59 bits per heavy atom. The fourth-order valence-corrected chi connectivity index (χ4v) is 6.01. The molecule has 174 valence electrons. The second-order valence-corrected chi connectivity index (χ2v) is 10.8. The van der Waals surface area contributed by atoms with Crippen molar-refractivity contribution >= 4 is 21.6 Å². The van der Waals surface area contributed by atoms with Gasteiger partial charge < -0.3 is 9.64 Å². The predicted octanol–water partition coefficient (Wildman–Crippen LogP) is 6.86. The van der Waals surface area contributed by atoms with Crippen molar-refractivity contribution < 1.29 is 4.74 Å². The standard InChI is InChI=1S/C29H30BrN3O/c1-20(2)32-16-14-29(15-17-32)33-27(25-18-24(30)12-13-28(25)34-29)19-26(31-33)23-10-8-22(9-11-23)21-6-4-3-5-7-21/h3-13,18,20,27H,14-17,19H2,1-2H3/t27-/m0/s1. The summed E-state index contributed by atoms with van der Waals surface area (Å²) in [6.07, 6.45) is 2.81. The van der Waals surface area contributed by atoms with Gasteiger partial charge in [0.1, 0.15) is 5.75 Å². The molecule has 6 rings (SSSR count). The van der Waals surface area contributed by atoms with Crippen LogP contribution in [0.5, 0.6) is 5.75 Å². The molecule has 3 aromatic rings. The molecule has 3 aliphatic rings. The van der Waals surface area contributed by atoms with Crippen molar-refractivity contribution in [3.63, 3.8) is 0 Å². The molecule has 0 unspecified atom stereocenters. The van der Waals surface area contributed by atoms with Gasteiger partial charge in [-0.3, -0.25) is 0 Å². The van der Waals surface area contributed by atoms with Crippen LogP contribution in [-0.2, 0) is 0 Å². The highest BCUT2D eigenvalue weighted by molar-refractivity contribution is 9.10. The van der Waals surface area contributed by atoms with E-state index in [1.807, 2.05) is 0 Å². The van der Waals surface area contributed by atoms with E-state index < -0.39 is 0 Å². The third-order valence-electron chi connectivity index (χ3n) is 7.59. The maximum absolute atomic E-state index is 6.79. The van der Waals surface area contributed by atoms with Crippen molar-refractivity contribution in [1.82, 2.24) is 9.91 Å². The number of ether oxygens (including phenoxy) is 1. The summed E-state index contributed by atoms with van der Waals surface area (Å²) >= 11 is 3.67. The molecule has 3 aromatic carbocycles. The highest BCUT2D eigenvalue weighted by Crippen LogP contribution is 2.50. The van der Waals surface area contributed by atoms with Crippen molar-refractivity contribution in [3.05, 3.63) is 88.4 Å². The van der Waals surface area contributed by atoms with Crippen LogP contribution in [0.4, 0.5) is 0 Å². The molecule has 0 saturated carbocycles. The van der Waals surface area contributed by atoms with Crippen LogP contribution in [0.25, 0.3) is 11.1 Å². The van der Waals surface area contributed by atoms with Gasteiger partial charge in [-0.25, -0.2) is 5.01 Å². The first kappa shape index (κ1) is 21.9. The number of fused-ring (bicyclic) bond motifs is 4. The van der Waals surface area contributed by atoms with Gasteiger partial charge in [0.05, 0.1) is 11.8 Å². The van der Waals surface area contributed by atoms with Crippen LogP contribution in [0.3, 0.4) is 0 Å². The van der Waals surface area contributed by atoms with E-state index >= 15 is 0 Å². The minimum absolute atomic E-state index is 0.204. The molecule has 3 aliphatic heterocycles. The Bertz CT molecular complexity index is 1210. The number of likely N-dealkylation sites (tertiary alicyclic amines) is 1. The Morgan fingerprint density at radius 3 is 2.29 bits per heavy atom. The SMILES string of the molecule is CC(C)N1CCC2(CC1)Oc1ccc(Br)cc1[C@@H]1CC(c3ccc(-c4ccccc4)cc3)=NN12. The van der Waals surface area contributed by atoms with Gasteiger partial charge in [0.15, 0.2) is 0 Å². The summed E-state index contributed by atoms with van der Waals surface area (Å²) in [5.74, 6) is 1.01. The van der Waals surface area contributed by atoms with E-state index in [1.54, 1.807) is 0 Å². The van der Waals surface area contributed by atoms with Crippen LogP contribution < -0.4 is 4.74 Å². The maximum Gasteiger partial charge on any atom is 0.200 e. The quantitative estimate of drug-likeness (QED) is 0.381. The van der Waals surface area contributed by atoms with Crippen molar-refractivity contribution in [3.8, 4) is 16.9 Å². The molecule has 1 saturated heterocycles. The molecule has 5 heteroatoms. The minimum Gasteiger partial charge on any atom is -0.466 e. The zero-order valence-corrected chi connectivity index (χ0v) is 21.3. The molecular weight excluding hydrogens is 486 g/mol. The lowest BCUT2D eigenvalue weighted by Crippen LogP contribution is -2.59. The van der Waals surface area contributed by atoms with Crippen molar-refractivity contribution in [2.24, 2.45) is 5.10 Å². The number of halogens is 1. The molecule has 4 nitrogen and oxygen atoms in total. The Morgan fingerprint density at radius 1 is 0.912 bits per heavy atom. The average molecular weight is 516 g/mol. The van der Waals surface area contributed by atoms with Crippen LogP contribution in [-0.4, -0.2) is 40.5 Å². The van der Waals surface area contributed by atoms with Crippen LogP contribution in [0.2, 0.25) is 0 Å². The fourth-order valence-electron chi connectivity index (χ4n) is 5.63. The molecule has 1 spiro atoms. The molecule has 34 heavy (non-hydrogen) atoms. The van der Waals surface area contributed by atoms with E-state index in [0.29, 0.717) is 6.04 Å². The topological polar surface area (TPSA) is 28.1 Å². The van der Waals surface area contributed by atoms with E-state index in [2.05, 4.69) is 112 Å². The van der Waals surface area contributed by atoms with E-state index in [4.69, 9.17) is 9.84 Å². The summed E-state index contributed by atoms with van der Waals surface area (Å²) < 4.78 is 7.87. The molecule has 0 aromatic heterocycles. The van der Waals surface area contributed by atoms with Gasteiger partial charge in [0, 0.05) is 48.4 Å². The summed E-state index contributed by atoms with van der Waals surface area (Å²) in [7, 11) is 0. The number of hydrogen-bond acceptors (Lipinski definition) is 4. The third-order valence-corrected chi connectivity index (χ3v) is 8.09. The van der Waals surface area contributed by atoms with E-state index in [9.17, 15) is 0 Å². The molecule has 1 atom stereocenters. The molecule has 0 N–H and O–H groups in total. The average Bonchev–Trinajstić information content (AvgIpc) is 3.33. The number of hydrogen-bond donors (Lipinski definition) is 0. The smallest absolute Gasteiger partial charge is 0.200 e. The Kier molecular flexibility index (Phi) is 5.50. The third kappa shape index (κ3) is 3.75. The second kappa shape index (κ2) is 8.54. The molecule has 3 heterocycles. The number of hydrazone groups is 1. The summed E-state index contributed by atoms with van der Waals surface area (Å²) in [5.41, 5.74) is 5.67. The lowest BCUT2D eigenvalue weighted by molar-refractivity contribution is -0.152. The van der Waals surface area contributed by atoms with Crippen LogP contribution in [0.15, 0.2) is 82.4 Å². The van der Waals surface area contributed by atoms with Crippen LogP contribution in [0, 0.1) is 0 Å². The Balaban J connectivity index is 1.34. The lowest BCUT2D eigenvalue weighted by atomic mass is 9.90. The Labute approximate surface area is 210 Å². The van der Waals surface area contributed by atoms with Gasteiger partial charge in [-0.05, 0) is 48.7 Å². The highest BCUT2D eigenvalue weighted by atomic mass is 79.9. The first-order valence-electron chi connectivity index (χ1n) is 12.3. The maximum atomic E-state index is 6.79. The monoisotopic (exact) mass is 515 g/mol. The zero-order chi connectivity index (χ0) is 23.3. The lowest BCUT2D eigenvalue weighted by Gasteiger charge is -2.51. The molecule has 1 fully saturated rings.